The van der Waals surface area contributed by atoms with Crippen molar-refractivity contribution in [3.8, 4) is 0 Å². The summed E-state index contributed by atoms with van der Waals surface area (Å²) in [6, 6.07) is 5.74. The third-order valence-electron chi connectivity index (χ3n) is 3.33. The lowest BCUT2D eigenvalue weighted by molar-refractivity contribution is 0.248. The molecule has 2 aromatic rings. The Hall–Kier alpha value is -2.50. The molecule has 19 heavy (non-hydrogen) atoms. The van der Waals surface area contributed by atoms with E-state index in [2.05, 4.69) is 10.3 Å². The van der Waals surface area contributed by atoms with Crippen LogP contribution in [0.2, 0.25) is 0 Å². The summed E-state index contributed by atoms with van der Waals surface area (Å²) < 4.78 is 2.03. The second-order valence-corrected chi connectivity index (χ2v) is 4.37. The van der Waals surface area contributed by atoms with Gasteiger partial charge in [-0.25, -0.2) is 4.79 Å². The van der Waals surface area contributed by atoms with E-state index in [9.17, 15) is 4.79 Å². The molecule has 3 rings (SSSR count). The Kier molecular flexibility index (Phi) is 2.63. The first-order valence-corrected chi connectivity index (χ1v) is 6.06. The molecular weight excluding hydrogens is 242 g/mol. The Morgan fingerprint density at radius 1 is 1.37 bits per heavy atom. The number of fused-ring (bicyclic) bond motifs is 2. The van der Waals surface area contributed by atoms with Crippen LogP contribution in [0.25, 0.3) is 0 Å². The van der Waals surface area contributed by atoms with E-state index >= 15 is 0 Å². The number of nitrogens with zero attached hydrogens (tertiary/aromatic N) is 4. The molecule has 3 heterocycles. The number of rotatable bonds is 0. The van der Waals surface area contributed by atoms with Gasteiger partial charge in [0.2, 0.25) is 0 Å². The minimum absolute atomic E-state index is 0.141. The zero-order chi connectivity index (χ0) is 13.4. The number of nitrogens with one attached hydrogen (secondary N) is 1. The number of anilines is 2. The second-order valence-electron chi connectivity index (χ2n) is 4.37. The fourth-order valence-corrected chi connectivity index (χ4v) is 2.37. The fraction of sp³-hybridized carbons (Fsp3) is 0.231. The zero-order valence-corrected chi connectivity index (χ0v) is 10.9. The molecule has 0 aromatic carbocycles. The molecule has 0 atom stereocenters. The normalized spacial score (nSPS) is 13.6. The Morgan fingerprint density at radius 3 is 3.00 bits per heavy atom. The molecule has 98 valence electrons. The predicted molar refractivity (Wildman–Crippen MR) is 73.1 cm³/mol. The van der Waals surface area contributed by atoms with Crippen molar-refractivity contribution in [2.24, 2.45) is 0 Å². The molecule has 0 saturated carbocycles. The molecule has 0 fully saturated rings. The van der Waals surface area contributed by atoms with Crippen molar-refractivity contribution in [1.82, 2.24) is 15.0 Å². The molecule has 2 aromatic heterocycles. The maximum absolute atomic E-state index is 12.1. The molecule has 1 N–H and O–H groups in total. The van der Waals surface area contributed by atoms with Gasteiger partial charge in [-0.05, 0) is 18.2 Å². The monoisotopic (exact) mass is 257 g/mol. The van der Waals surface area contributed by atoms with Crippen molar-refractivity contribution in [2.45, 2.75) is 6.54 Å². The number of carbonyl (C=O) groups is 1. The van der Waals surface area contributed by atoms with Crippen molar-refractivity contribution < 1.29 is 4.79 Å². The molecule has 0 radical (unpaired) electrons. The summed E-state index contributed by atoms with van der Waals surface area (Å²) in [5.74, 6) is 0. The SMILES string of the molecule is CNC(=O)N1Cc2cccn2N(C)c2ccncc21. The molecule has 0 saturated heterocycles. The summed E-state index contributed by atoms with van der Waals surface area (Å²) in [5.41, 5.74) is 2.78. The van der Waals surface area contributed by atoms with E-state index in [1.807, 2.05) is 41.1 Å². The van der Waals surface area contributed by atoms with Gasteiger partial charge in [-0.15, -0.1) is 0 Å². The summed E-state index contributed by atoms with van der Waals surface area (Å²) in [7, 11) is 3.60. The Morgan fingerprint density at radius 2 is 2.21 bits per heavy atom. The molecule has 1 aliphatic heterocycles. The summed E-state index contributed by atoms with van der Waals surface area (Å²) in [5, 5.41) is 4.68. The lowest BCUT2D eigenvalue weighted by atomic mass is 10.3. The number of urea groups is 1. The molecule has 2 amide bonds. The largest absolute Gasteiger partial charge is 0.341 e. The minimum Gasteiger partial charge on any atom is -0.341 e. The predicted octanol–water partition coefficient (Wildman–Crippen LogP) is 1.44. The average molecular weight is 257 g/mol. The topological polar surface area (TPSA) is 53.4 Å². The van der Waals surface area contributed by atoms with E-state index in [1.165, 1.54) is 0 Å². The molecule has 6 nitrogen and oxygen atoms in total. The van der Waals surface area contributed by atoms with Crippen LogP contribution < -0.4 is 15.2 Å². The Bertz CT molecular complexity index is 621. The van der Waals surface area contributed by atoms with Crippen LogP contribution in [0.4, 0.5) is 16.2 Å². The van der Waals surface area contributed by atoms with Gasteiger partial charge in [0.15, 0.2) is 0 Å². The minimum atomic E-state index is -0.141. The first-order valence-electron chi connectivity index (χ1n) is 6.06. The van der Waals surface area contributed by atoms with E-state index in [0.717, 1.165) is 17.1 Å². The zero-order valence-electron chi connectivity index (χ0n) is 10.9. The highest BCUT2D eigenvalue weighted by atomic mass is 16.2. The van der Waals surface area contributed by atoms with E-state index in [1.54, 1.807) is 24.3 Å². The molecule has 6 heteroatoms. The first-order chi connectivity index (χ1) is 9.22. The molecule has 0 unspecified atom stereocenters. The van der Waals surface area contributed by atoms with Crippen LogP contribution in [0.3, 0.4) is 0 Å². The third-order valence-corrected chi connectivity index (χ3v) is 3.33. The van der Waals surface area contributed by atoms with Gasteiger partial charge >= 0.3 is 6.03 Å². The molecule has 1 aliphatic rings. The number of hydrogen-bond donors (Lipinski definition) is 1. The van der Waals surface area contributed by atoms with Gasteiger partial charge in [0, 0.05) is 26.5 Å². The molecule has 0 spiro atoms. The average Bonchev–Trinajstić information content (AvgIpc) is 2.87. The van der Waals surface area contributed by atoms with Crippen LogP contribution >= 0.6 is 0 Å². The maximum atomic E-state index is 12.1. The highest BCUT2D eigenvalue weighted by Crippen LogP contribution is 2.32. The van der Waals surface area contributed by atoms with E-state index < -0.39 is 0 Å². The highest BCUT2D eigenvalue weighted by molar-refractivity contribution is 5.95. The maximum Gasteiger partial charge on any atom is 0.322 e. The summed E-state index contributed by atoms with van der Waals surface area (Å²) in [4.78, 5) is 17.9. The number of pyridine rings is 1. The van der Waals surface area contributed by atoms with Crippen LogP contribution in [0, 0.1) is 0 Å². The summed E-state index contributed by atoms with van der Waals surface area (Å²) in [6.45, 7) is 0.510. The fourth-order valence-electron chi connectivity index (χ4n) is 2.37. The summed E-state index contributed by atoms with van der Waals surface area (Å²) in [6.07, 6.45) is 5.42. The number of hydrogen-bond acceptors (Lipinski definition) is 3. The summed E-state index contributed by atoms with van der Waals surface area (Å²) >= 11 is 0. The number of aromatic nitrogens is 2. The van der Waals surface area contributed by atoms with Crippen molar-refractivity contribution >= 4 is 17.4 Å². The highest BCUT2D eigenvalue weighted by Gasteiger charge is 2.25. The van der Waals surface area contributed by atoms with E-state index in [4.69, 9.17) is 0 Å². The van der Waals surface area contributed by atoms with Crippen LogP contribution in [0.5, 0.6) is 0 Å². The Labute approximate surface area is 111 Å². The number of amides is 2. The van der Waals surface area contributed by atoms with Gasteiger partial charge in [0.1, 0.15) is 0 Å². The van der Waals surface area contributed by atoms with Gasteiger partial charge in [0.25, 0.3) is 0 Å². The van der Waals surface area contributed by atoms with Crippen LogP contribution in [-0.2, 0) is 6.54 Å². The molecular formula is C13H15N5O. The molecule has 0 bridgehead atoms. The van der Waals surface area contributed by atoms with Crippen molar-refractivity contribution in [1.29, 1.82) is 0 Å². The van der Waals surface area contributed by atoms with Gasteiger partial charge in [-0.3, -0.25) is 19.6 Å². The van der Waals surface area contributed by atoms with Gasteiger partial charge in [0.05, 0.1) is 29.8 Å². The standard InChI is InChI=1S/C13H15N5O/c1-14-13(19)17-9-10-4-3-7-18(10)16(2)11-5-6-15-8-12(11)17/h3-8H,9H2,1-2H3,(H,14,19). The van der Waals surface area contributed by atoms with E-state index in [0.29, 0.717) is 6.54 Å². The van der Waals surface area contributed by atoms with Crippen molar-refractivity contribution in [2.75, 3.05) is 24.0 Å². The van der Waals surface area contributed by atoms with E-state index in [-0.39, 0.29) is 6.03 Å². The Balaban J connectivity index is 2.19. The lowest BCUT2D eigenvalue weighted by Gasteiger charge is -2.23. The van der Waals surface area contributed by atoms with Crippen molar-refractivity contribution in [3.63, 3.8) is 0 Å². The third kappa shape index (κ3) is 1.72. The molecule has 0 aliphatic carbocycles. The smallest absolute Gasteiger partial charge is 0.322 e. The van der Waals surface area contributed by atoms with Gasteiger partial charge < -0.3 is 5.32 Å². The second kappa shape index (κ2) is 4.31. The number of carbonyl (C=O) groups excluding carboxylic acids is 1. The van der Waals surface area contributed by atoms with Crippen molar-refractivity contribution in [3.05, 3.63) is 42.5 Å². The van der Waals surface area contributed by atoms with Gasteiger partial charge in [-0.2, -0.15) is 0 Å². The quantitative estimate of drug-likeness (QED) is 0.777. The lowest BCUT2D eigenvalue weighted by Crippen LogP contribution is -2.37. The van der Waals surface area contributed by atoms with Gasteiger partial charge in [-0.1, -0.05) is 0 Å². The van der Waals surface area contributed by atoms with Crippen LogP contribution in [-0.4, -0.2) is 29.8 Å². The first kappa shape index (κ1) is 11.6. The van der Waals surface area contributed by atoms with Crippen LogP contribution in [0.1, 0.15) is 5.69 Å². The van der Waals surface area contributed by atoms with Crippen LogP contribution in [0.15, 0.2) is 36.8 Å².